The number of carbonyl (C=O) groups is 2. The molecule has 1 heterocycles. The zero-order valence-corrected chi connectivity index (χ0v) is 9.05. The molecule has 2 rings (SSSR count). The molecule has 1 saturated heterocycles. The van der Waals surface area contributed by atoms with E-state index in [1.165, 1.54) is 12.0 Å². The number of nitrogens with zero attached hydrogens (tertiary/aromatic N) is 1. The second-order valence-corrected chi connectivity index (χ2v) is 3.66. The lowest BCUT2D eigenvalue weighted by molar-refractivity contribution is -0.130. The number of benzene rings is 1. The fraction of sp³-hybridized carbons (Fsp3) is 0.333. The summed E-state index contributed by atoms with van der Waals surface area (Å²) < 4.78 is 5.12. The van der Waals surface area contributed by atoms with Crippen LogP contribution in [-0.2, 0) is 9.53 Å². The highest BCUT2D eigenvalue weighted by Crippen LogP contribution is 2.21. The van der Waals surface area contributed by atoms with E-state index in [4.69, 9.17) is 4.74 Å². The highest BCUT2D eigenvalue weighted by Gasteiger charge is 2.36. The van der Waals surface area contributed by atoms with Gasteiger partial charge in [0.15, 0.2) is 0 Å². The lowest BCUT2D eigenvalue weighted by atomic mass is 10.2. The standard InChI is InChI=1S/C12H13NO3/c1-16-11-8-7-10(14)13(11)12(15)9-5-3-2-4-6-9/h2-6,11H,7-8H2,1H3. The van der Waals surface area contributed by atoms with Crippen molar-refractivity contribution in [3.8, 4) is 0 Å². The molecule has 16 heavy (non-hydrogen) atoms. The predicted molar refractivity (Wildman–Crippen MR) is 57.6 cm³/mol. The Kier molecular flexibility index (Phi) is 3.01. The van der Waals surface area contributed by atoms with E-state index in [0.717, 1.165) is 0 Å². The summed E-state index contributed by atoms with van der Waals surface area (Å²) in [5, 5.41) is 0. The molecule has 0 saturated carbocycles. The molecule has 0 aliphatic carbocycles. The Bertz CT molecular complexity index is 402. The third kappa shape index (κ3) is 1.84. The van der Waals surface area contributed by atoms with Crippen LogP contribution in [0.4, 0.5) is 0 Å². The average Bonchev–Trinajstić information content (AvgIpc) is 2.70. The van der Waals surface area contributed by atoms with E-state index in [9.17, 15) is 9.59 Å². The van der Waals surface area contributed by atoms with Crippen molar-refractivity contribution in [2.45, 2.75) is 19.1 Å². The van der Waals surface area contributed by atoms with Crippen molar-refractivity contribution in [1.82, 2.24) is 4.90 Å². The number of carbonyl (C=O) groups excluding carboxylic acids is 2. The van der Waals surface area contributed by atoms with Gasteiger partial charge >= 0.3 is 0 Å². The predicted octanol–water partition coefficient (Wildman–Crippen LogP) is 1.42. The zero-order valence-electron chi connectivity index (χ0n) is 9.05. The van der Waals surface area contributed by atoms with Crippen molar-refractivity contribution < 1.29 is 14.3 Å². The average molecular weight is 219 g/mol. The van der Waals surface area contributed by atoms with E-state index in [2.05, 4.69) is 0 Å². The minimum absolute atomic E-state index is 0.166. The van der Waals surface area contributed by atoms with Gasteiger partial charge in [0.25, 0.3) is 5.91 Å². The van der Waals surface area contributed by atoms with Crippen LogP contribution in [0.15, 0.2) is 30.3 Å². The summed E-state index contributed by atoms with van der Waals surface area (Å²) in [7, 11) is 1.51. The number of hydrogen-bond donors (Lipinski definition) is 0. The van der Waals surface area contributed by atoms with Crippen molar-refractivity contribution in [3.05, 3.63) is 35.9 Å². The van der Waals surface area contributed by atoms with Crippen LogP contribution in [0, 0.1) is 0 Å². The summed E-state index contributed by atoms with van der Waals surface area (Å²) in [5.41, 5.74) is 0.514. The number of methoxy groups -OCH3 is 1. The Labute approximate surface area is 93.8 Å². The maximum Gasteiger partial charge on any atom is 0.262 e. The van der Waals surface area contributed by atoms with E-state index in [0.29, 0.717) is 18.4 Å². The van der Waals surface area contributed by atoms with Crippen LogP contribution in [0.3, 0.4) is 0 Å². The zero-order chi connectivity index (χ0) is 11.5. The molecule has 1 aliphatic heterocycles. The van der Waals surface area contributed by atoms with Crippen molar-refractivity contribution in [1.29, 1.82) is 0 Å². The first-order valence-corrected chi connectivity index (χ1v) is 5.18. The first-order valence-electron chi connectivity index (χ1n) is 5.18. The SMILES string of the molecule is COC1CCC(=O)N1C(=O)c1ccccc1. The molecular weight excluding hydrogens is 206 g/mol. The molecule has 1 atom stereocenters. The summed E-state index contributed by atoms with van der Waals surface area (Å²) in [5.74, 6) is -0.448. The van der Waals surface area contributed by atoms with Gasteiger partial charge in [-0.2, -0.15) is 0 Å². The molecule has 1 aliphatic rings. The van der Waals surface area contributed by atoms with Gasteiger partial charge in [0.1, 0.15) is 6.23 Å². The number of imide groups is 1. The summed E-state index contributed by atoms with van der Waals surface area (Å²) in [6.45, 7) is 0. The van der Waals surface area contributed by atoms with Gasteiger partial charge in [-0.1, -0.05) is 18.2 Å². The van der Waals surface area contributed by atoms with Crippen molar-refractivity contribution >= 4 is 11.8 Å². The van der Waals surface area contributed by atoms with E-state index in [1.54, 1.807) is 24.3 Å². The van der Waals surface area contributed by atoms with Crippen LogP contribution in [0.2, 0.25) is 0 Å². The number of hydrogen-bond acceptors (Lipinski definition) is 3. The maximum absolute atomic E-state index is 12.1. The largest absolute Gasteiger partial charge is 0.361 e. The third-order valence-corrected chi connectivity index (χ3v) is 2.67. The van der Waals surface area contributed by atoms with Gasteiger partial charge in [-0.05, 0) is 12.1 Å². The van der Waals surface area contributed by atoms with Gasteiger partial charge in [-0.3, -0.25) is 14.5 Å². The fourth-order valence-electron chi connectivity index (χ4n) is 1.84. The van der Waals surface area contributed by atoms with Gasteiger partial charge in [0.2, 0.25) is 5.91 Å². The van der Waals surface area contributed by atoms with Crippen molar-refractivity contribution in [2.24, 2.45) is 0 Å². The molecule has 1 fully saturated rings. The summed E-state index contributed by atoms with van der Waals surface area (Å²) in [4.78, 5) is 24.8. The molecule has 4 heteroatoms. The first kappa shape index (κ1) is 10.8. The molecule has 0 aromatic heterocycles. The van der Waals surface area contributed by atoms with Crippen molar-refractivity contribution in [2.75, 3.05) is 7.11 Å². The van der Waals surface area contributed by atoms with Gasteiger partial charge in [-0.15, -0.1) is 0 Å². The number of rotatable bonds is 2. The first-order chi connectivity index (χ1) is 7.74. The normalized spacial score (nSPS) is 20.2. The van der Waals surface area contributed by atoms with Gasteiger partial charge < -0.3 is 4.74 Å². The molecule has 84 valence electrons. The fourth-order valence-corrected chi connectivity index (χ4v) is 1.84. The number of amides is 2. The van der Waals surface area contributed by atoms with Crippen LogP contribution in [0.5, 0.6) is 0 Å². The molecule has 4 nitrogen and oxygen atoms in total. The van der Waals surface area contributed by atoms with Crippen LogP contribution >= 0.6 is 0 Å². The lowest BCUT2D eigenvalue weighted by Gasteiger charge is -2.21. The Balaban J connectivity index is 2.24. The third-order valence-electron chi connectivity index (χ3n) is 2.67. The van der Waals surface area contributed by atoms with Crippen LogP contribution in [-0.4, -0.2) is 30.1 Å². The minimum Gasteiger partial charge on any atom is -0.361 e. The van der Waals surface area contributed by atoms with Crippen LogP contribution in [0.1, 0.15) is 23.2 Å². The molecule has 1 unspecified atom stereocenters. The number of ether oxygens (including phenoxy) is 1. The topological polar surface area (TPSA) is 46.6 Å². The summed E-state index contributed by atoms with van der Waals surface area (Å²) in [6.07, 6.45) is 0.533. The Hall–Kier alpha value is -1.68. The smallest absolute Gasteiger partial charge is 0.262 e. The minimum atomic E-state index is -0.416. The molecule has 1 aromatic carbocycles. The Morgan fingerprint density at radius 2 is 2.06 bits per heavy atom. The highest BCUT2D eigenvalue weighted by atomic mass is 16.5. The van der Waals surface area contributed by atoms with E-state index >= 15 is 0 Å². The van der Waals surface area contributed by atoms with Crippen LogP contribution in [0.25, 0.3) is 0 Å². The van der Waals surface area contributed by atoms with E-state index in [1.807, 2.05) is 6.07 Å². The molecule has 0 N–H and O–H groups in total. The van der Waals surface area contributed by atoms with Gasteiger partial charge in [-0.25, -0.2) is 0 Å². The molecule has 0 spiro atoms. The molecule has 0 radical (unpaired) electrons. The van der Waals surface area contributed by atoms with Gasteiger partial charge in [0.05, 0.1) is 0 Å². The van der Waals surface area contributed by atoms with E-state index < -0.39 is 6.23 Å². The Morgan fingerprint density at radius 1 is 1.38 bits per heavy atom. The van der Waals surface area contributed by atoms with Gasteiger partial charge in [0, 0.05) is 25.5 Å². The second kappa shape index (κ2) is 4.45. The monoisotopic (exact) mass is 219 g/mol. The summed E-state index contributed by atoms with van der Waals surface area (Å²) >= 11 is 0. The van der Waals surface area contributed by atoms with E-state index in [-0.39, 0.29) is 11.8 Å². The quantitative estimate of drug-likeness (QED) is 0.707. The molecule has 2 amide bonds. The number of likely N-dealkylation sites (tertiary alicyclic amines) is 1. The summed E-state index contributed by atoms with van der Waals surface area (Å²) in [6, 6.07) is 8.77. The van der Waals surface area contributed by atoms with Crippen molar-refractivity contribution in [3.63, 3.8) is 0 Å². The highest BCUT2D eigenvalue weighted by molar-refractivity contribution is 6.05. The molecule has 1 aromatic rings. The molecular formula is C12H13NO3. The lowest BCUT2D eigenvalue weighted by Crippen LogP contribution is -2.39. The molecule has 0 bridgehead atoms. The Morgan fingerprint density at radius 3 is 2.69 bits per heavy atom. The maximum atomic E-state index is 12.1. The van der Waals surface area contributed by atoms with Crippen LogP contribution < -0.4 is 0 Å². The second-order valence-electron chi connectivity index (χ2n) is 3.66.